The van der Waals surface area contributed by atoms with Gasteiger partial charge in [0.05, 0.1) is 4.88 Å². The second-order valence-corrected chi connectivity index (χ2v) is 6.51. The van der Waals surface area contributed by atoms with Crippen molar-refractivity contribution in [1.82, 2.24) is 4.98 Å². The standard InChI is InChI=1S/C12H12N2OS2/c1-7-6-13-12(16-7)14-11(15)10-5-8-3-2-4-9(8)17-10/h5-6H,2-4H2,1H3,(H,13,14,15). The quantitative estimate of drug-likeness (QED) is 0.904. The molecule has 0 radical (unpaired) electrons. The molecule has 0 saturated carbocycles. The van der Waals surface area contributed by atoms with Crippen LogP contribution in [0, 0.1) is 6.92 Å². The summed E-state index contributed by atoms with van der Waals surface area (Å²) in [7, 11) is 0. The van der Waals surface area contributed by atoms with E-state index >= 15 is 0 Å². The first-order valence-corrected chi connectivity index (χ1v) is 7.21. The van der Waals surface area contributed by atoms with Gasteiger partial charge in [-0.3, -0.25) is 10.1 Å². The molecule has 0 spiro atoms. The van der Waals surface area contributed by atoms with E-state index in [1.54, 1.807) is 17.5 Å². The second kappa shape index (κ2) is 4.23. The van der Waals surface area contributed by atoms with Crippen LogP contribution in [-0.4, -0.2) is 10.9 Å². The van der Waals surface area contributed by atoms with Gasteiger partial charge in [0.15, 0.2) is 5.13 Å². The highest BCUT2D eigenvalue weighted by molar-refractivity contribution is 7.16. The number of nitrogens with one attached hydrogen (secondary N) is 1. The highest BCUT2D eigenvalue weighted by Crippen LogP contribution is 2.31. The fourth-order valence-corrected chi connectivity index (χ4v) is 3.82. The number of rotatable bonds is 2. The monoisotopic (exact) mass is 264 g/mol. The van der Waals surface area contributed by atoms with Crippen molar-refractivity contribution in [3.8, 4) is 0 Å². The van der Waals surface area contributed by atoms with Gasteiger partial charge in [0, 0.05) is 16.0 Å². The molecule has 3 nitrogen and oxygen atoms in total. The number of hydrogen-bond donors (Lipinski definition) is 1. The van der Waals surface area contributed by atoms with Gasteiger partial charge in [-0.05, 0) is 37.8 Å². The number of amides is 1. The van der Waals surface area contributed by atoms with Crippen LogP contribution in [-0.2, 0) is 12.8 Å². The first kappa shape index (κ1) is 10.9. The van der Waals surface area contributed by atoms with E-state index in [2.05, 4.69) is 10.3 Å². The summed E-state index contributed by atoms with van der Waals surface area (Å²) in [6, 6.07) is 2.03. The molecular formula is C12H12N2OS2. The van der Waals surface area contributed by atoms with Gasteiger partial charge in [-0.15, -0.1) is 22.7 Å². The average molecular weight is 264 g/mol. The molecule has 0 unspecified atom stereocenters. The third kappa shape index (κ3) is 2.12. The number of fused-ring (bicyclic) bond motifs is 1. The molecule has 2 aromatic rings. The topological polar surface area (TPSA) is 42.0 Å². The van der Waals surface area contributed by atoms with Gasteiger partial charge in [0.1, 0.15) is 0 Å². The van der Waals surface area contributed by atoms with E-state index in [0.29, 0.717) is 5.13 Å². The molecule has 2 heterocycles. The highest BCUT2D eigenvalue weighted by Gasteiger charge is 2.18. The summed E-state index contributed by atoms with van der Waals surface area (Å²) in [6.45, 7) is 1.98. The Morgan fingerprint density at radius 3 is 3.00 bits per heavy atom. The second-order valence-electron chi connectivity index (χ2n) is 4.14. The van der Waals surface area contributed by atoms with Crippen LogP contribution in [0.3, 0.4) is 0 Å². The molecule has 1 aliphatic carbocycles. The summed E-state index contributed by atoms with van der Waals surface area (Å²) < 4.78 is 0. The maximum absolute atomic E-state index is 12.0. The lowest BCUT2D eigenvalue weighted by Gasteiger charge is -1.97. The van der Waals surface area contributed by atoms with E-state index in [1.807, 2.05) is 13.0 Å². The molecule has 3 rings (SSSR count). The molecule has 0 atom stereocenters. The molecule has 0 aliphatic heterocycles. The minimum absolute atomic E-state index is 0.0289. The van der Waals surface area contributed by atoms with Crippen LogP contribution in [0.4, 0.5) is 5.13 Å². The van der Waals surface area contributed by atoms with Crippen molar-refractivity contribution in [3.63, 3.8) is 0 Å². The number of thiophene rings is 1. The van der Waals surface area contributed by atoms with Crippen LogP contribution < -0.4 is 5.32 Å². The molecule has 1 N–H and O–H groups in total. The summed E-state index contributed by atoms with van der Waals surface area (Å²) in [5, 5.41) is 3.53. The third-order valence-electron chi connectivity index (χ3n) is 2.81. The van der Waals surface area contributed by atoms with Crippen LogP contribution >= 0.6 is 22.7 Å². The minimum atomic E-state index is -0.0289. The number of anilines is 1. The number of carbonyl (C=O) groups excluding carboxylic acids is 1. The molecule has 0 bridgehead atoms. The van der Waals surface area contributed by atoms with Crippen molar-refractivity contribution in [1.29, 1.82) is 0 Å². The van der Waals surface area contributed by atoms with Gasteiger partial charge in [-0.2, -0.15) is 0 Å². The predicted molar refractivity (Wildman–Crippen MR) is 71.1 cm³/mol. The number of hydrogen-bond acceptors (Lipinski definition) is 4. The Kier molecular flexibility index (Phi) is 2.72. The van der Waals surface area contributed by atoms with E-state index in [-0.39, 0.29) is 5.91 Å². The van der Waals surface area contributed by atoms with Gasteiger partial charge in [0.2, 0.25) is 0 Å². The SMILES string of the molecule is Cc1cnc(NC(=O)c2cc3c(s2)CCC3)s1. The number of nitrogens with zero attached hydrogens (tertiary/aromatic N) is 1. The minimum Gasteiger partial charge on any atom is -0.297 e. The van der Waals surface area contributed by atoms with Crippen molar-refractivity contribution in [2.75, 3.05) is 5.32 Å². The maximum Gasteiger partial charge on any atom is 0.267 e. The first-order chi connectivity index (χ1) is 8.22. The highest BCUT2D eigenvalue weighted by atomic mass is 32.1. The zero-order valence-corrected chi connectivity index (χ0v) is 11.1. The normalized spacial score (nSPS) is 13.7. The van der Waals surface area contributed by atoms with Crippen LogP contribution in [0.25, 0.3) is 0 Å². The van der Waals surface area contributed by atoms with Gasteiger partial charge >= 0.3 is 0 Å². The van der Waals surface area contributed by atoms with Gasteiger partial charge in [-0.1, -0.05) is 0 Å². The van der Waals surface area contributed by atoms with Crippen LogP contribution in [0.2, 0.25) is 0 Å². The summed E-state index contributed by atoms with van der Waals surface area (Å²) in [6.07, 6.45) is 5.25. The van der Waals surface area contributed by atoms with Crippen LogP contribution in [0.15, 0.2) is 12.3 Å². The van der Waals surface area contributed by atoms with Crippen molar-refractivity contribution in [3.05, 3.63) is 32.5 Å². The van der Waals surface area contributed by atoms with Crippen molar-refractivity contribution >= 4 is 33.7 Å². The molecule has 0 fully saturated rings. The molecule has 1 aliphatic rings. The molecular weight excluding hydrogens is 252 g/mol. The fraction of sp³-hybridized carbons (Fsp3) is 0.333. The maximum atomic E-state index is 12.0. The molecule has 2 aromatic heterocycles. The summed E-state index contributed by atoms with van der Waals surface area (Å²) in [5.41, 5.74) is 1.36. The van der Waals surface area contributed by atoms with Gasteiger partial charge in [0.25, 0.3) is 5.91 Å². The molecule has 0 saturated heterocycles. The Labute approximate surface area is 108 Å². The number of aromatic nitrogens is 1. The molecule has 1 amide bonds. The summed E-state index contributed by atoms with van der Waals surface area (Å²) in [5.74, 6) is -0.0289. The molecule has 88 valence electrons. The first-order valence-electron chi connectivity index (χ1n) is 5.58. The van der Waals surface area contributed by atoms with Crippen LogP contribution in [0.1, 0.15) is 31.4 Å². The lowest BCUT2D eigenvalue weighted by molar-refractivity contribution is 0.103. The Bertz CT molecular complexity index is 549. The summed E-state index contributed by atoms with van der Waals surface area (Å²) >= 11 is 3.12. The lowest BCUT2D eigenvalue weighted by Crippen LogP contribution is -2.09. The van der Waals surface area contributed by atoms with Gasteiger partial charge in [-0.25, -0.2) is 4.98 Å². The zero-order chi connectivity index (χ0) is 11.8. The largest absolute Gasteiger partial charge is 0.297 e. The smallest absolute Gasteiger partial charge is 0.267 e. The van der Waals surface area contributed by atoms with E-state index in [1.165, 1.54) is 28.2 Å². The van der Waals surface area contributed by atoms with E-state index in [0.717, 1.165) is 22.6 Å². The Morgan fingerprint density at radius 1 is 1.41 bits per heavy atom. The average Bonchev–Trinajstić information content (AvgIpc) is 2.92. The fourth-order valence-electron chi connectivity index (χ4n) is 2.01. The number of carbonyl (C=O) groups is 1. The van der Waals surface area contributed by atoms with Gasteiger partial charge < -0.3 is 0 Å². The van der Waals surface area contributed by atoms with Crippen molar-refractivity contribution in [2.45, 2.75) is 26.2 Å². The Morgan fingerprint density at radius 2 is 2.29 bits per heavy atom. The van der Waals surface area contributed by atoms with E-state index in [9.17, 15) is 4.79 Å². The van der Waals surface area contributed by atoms with E-state index < -0.39 is 0 Å². The lowest BCUT2D eigenvalue weighted by atomic mass is 10.2. The number of thiazole rings is 1. The van der Waals surface area contributed by atoms with E-state index in [4.69, 9.17) is 0 Å². The zero-order valence-electron chi connectivity index (χ0n) is 9.45. The van der Waals surface area contributed by atoms with Crippen molar-refractivity contribution < 1.29 is 4.79 Å². The molecule has 5 heteroatoms. The Balaban J connectivity index is 1.77. The van der Waals surface area contributed by atoms with Crippen molar-refractivity contribution in [2.24, 2.45) is 0 Å². The summed E-state index contributed by atoms with van der Waals surface area (Å²) in [4.78, 5) is 19.4. The number of aryl methyl sites for hydroxylation is 3. The molecule has 0 aromatic carbocycles. The Hall–Kier alpha value is -1.20. The van der Waals surface area contributed by atoms with Crippen LogP contribution in [0.5, 0.6) is 0 Å². The predicted octanol–water partition coefficient (Wildman–Crippen LogP) is 3.25. The molecule has 17 heavy (non-hydrogen) atoms. The third-order valence-corrected chi connectivity index (χ3v) is 4.88.